The Morgan fingerprint density at radius 2 is 2.00 bits per heavy atom. The van der Waals surface area contributed by atoms with Gasteiger partial charge in [-0.1, -0.05) is 35.9 Å². The smallest absolute Gasteiger partial charge is 0.172 e. The van der Waals surface area contributed by atoms with E-state index in [9.17, 15) is 9.50 Å². The molecule has 116 valence electrons. The van der Waals surface area contributed by atoms with Crippen LogP contribution in [0.4, 0.5) is 10.1 Å². The summed E-state index contributed by atoms with van der Waals surface area (Å²) in [4.78, 5) is 4.08. The second-order valence-electron chi connectivity index (χ2n) is 5.71. The first-order chi connectivity index (χ1) is 11.1. The van der Waals surface area contributed by atoms with Gasteiger partial charge in [-0.2, -0.15) is 0 Å². The maximum Gasteiger partial charge on any atom is 0.172 e. The van der Waals surface area contributed by atoms with Crippen LogP contribution in [0.2, 0.25) is 5.02 Å². The third kappa shape index (κ3) is 2.35. The van der Waals surface area contributed by atoms with Crippen molar-refractivity contribution in [3.8, 4) is 0 Å². The highest BCUT2D eigenvalue weighted by molar-refractivity contribution is 6.35. The molecular weight excluding hydrogens is 315 g/mol. The molecule has 5 heteroatoms. The number of hydrogen-bond donors (Lipinski definition) is 2. The van der Waals surface area contributed by atoms with Crippen LogP contribution < -0.4 is 5.32 Å². The molecule has 2 atom stereocenters. The maximum atomic E-state index is 14.7. The summed E-state index contributed by atoms with van der Waals surface area (Å²) < 4.78 is 14.7. The topological polar surface area (TPSA) is 45.1 Å². The predicted octanol–water partition coefficient (Wildman–Crippen LogP) is 4.10. The summed E-state index contributed by atoms with van der Waals surface area (Å²) in [6.45, 7) is 0. The Kier molecular flexibility index (Phi) is 3.43. The molecule has 23 heavy (non-hydrogen) atoms. The van der Waals surface area contributed by atoms with Gasteiger partial charge in [-0.15, -0.1) is 0 Å². The summed E-state index contributed by atoms with van der Waals surface area (Å²) in [7, 11) is 0. The van der Waals surface area contributed by atoms with Gasteiger partial charge in [0, 0.05) is 18.0 Å². The zero-order valence-corrected chi connectivity index (χ0v) is 12.9. The summed E-state index contributed by atoms with van der Waals surface area (Å²) in [5, 5.41) is 14.5. The lowest BCUT2D eigenvalue weighted by molar-refractivity contribution is 0.165. The summed E-state index contributed by atoms with van der Waals surface area (Å²) >= 11 is 6.07. The second kappa shape index (κ2) is 5.48. The van der Waals surface area contributed by atoms with Crippen LogP contribution in [-0.2, 0) is 6.42 Å². The molecule has 3 aromatic rings. The monoisotopic (exact) mass is 328 g/mol. The minimum Gasteiger partial charge on any atom is -0.390 e. The van der Waals surface area contributed by atoms with Crippen LogP contribution in [0.1, 0.15) is 17.2 Å². The number of rotatable bonds is 2. The number of aliphatic hydroxyl groups excluding tert-OH is 1. The quantitative estimate of drug-likeness (QED) is 0.744. The highest BCUT2D eigenvalue weighted by atomic mass is 35.5. The summed E-state index contributed by atoms with van der Waals surface area (Å²) in [6, 6.07) is 12.5. The molecule has 4 rings (SSSR count). The lowest BCUT2D eigenvalue weighted by Gasteiger charge is -2.20. The van der Waals surface area contributed by atoms with Crippen LogP contribution in [0.3, 0.4) is 0 Å². The Morgan fingerprint density at radius 3 is 2.87 bits per heavy atom. The van der Waals surface area contributed by atoms with E-state index in [4.69, 9.17) is 11.6 Å². The van der Waals surface area contributed by atoms with Gasteiger partial charge in [-0.25, -0.2) is 4.39 Å². The number of nitrogens with one attached hydrogen (secondary N) is 1. The van der Waals surface area contributed by atoms with Crippen LogP contribution in [0, 0.1) is 5.82 Å². The molecular formula is C18H14ClFN2O. The van der Waals surface area contributed by atoms with E-state index in [1.54, 1.807) is 18.2 Å². The van der Waals surface area contributed by atoms with Crippen LogP contribution in [-0.4, -0.2) is 16.2 Å². The molecule has 2 aromatic carbocycles. The van der Waals surface area contributed by atoms with Crippen LogP contribution in [0.25, 0.3) is 10.9 Å². The fraction of sp³-hybridized carbons (Fsp3) is 0.167. The van der Waals surface area contributed by atoms with Crippen molar-refractivity contribution in [2.45, 2.75) is 18.6 Å². The van der Waals surface area contributed by atoms with E-state index in [-0.39, 0.29) is 11.6 Å². The number of halogens is 2. The molecule has 0 aliphatic heterocycles. The van der Waals surface area contributed by atoms with Crippen molar-refractivity contribution in [3.05, 3.63) is 70.6 Å². The molecule has 0 bridgehead atoms. The highest BCUT2D eigenvalue weighted by Crippen LogP contribution is 2.36. The van der Waals surface area contributed by atoms with Crippen molar-refractivity contribution in [3.63, 3.8) is 0 Å². The molecule has 0 spiro atoms. The van der Waals surface area contributed by atoms with E-state index in [0.29, 0.717) is 22.5 Å². The van der Waals surface area contributed by atoms with Gasteiger partial charge in [0.15, 0.2) is 5.82 Å². The Hall–Kier alpha value is -2.17. The number of nitrogens with zero attached hydrogens (tertiary/aromatic N) is 1. The van der Waals surface area contributed by atoms with Crippen molar-refractivity contribution >= 4 is 28.2 Å². The molecule has 0 saturated carbocycles. The predicted molar refractivity (Wildman–Crippen MR) is 89.2 cm³/mol. The lowest BCUT2D eigenvalue weighted by Crippen LogP contribution is -2.21. The van der Waals surface area contributed by atoms with Crippen LogP contribution in [0.15, 0.2) is 48.7 Å². The number of hydrogen-bond acceptors (Lipinski definition) is 3. The third-order valence-electron chi connectivity index (χ3n) is 4.31. The normalized spacial score (nSPS) is 19.8. The second-order valence-corrected chi connectivity index (χ2v) is 6.12. The van der Waals surface area contributed by atoms with E-state index in [0.717, 1.165) is 11.1 Å². The van der Waals surface area contributed by atoms with Gasteiger partial charge in [0.1, 0.15) is 5.52 Å². The summed E-state index contributed by atoms with van der Waals surface area (Å²) in [5.74, 6) is -0.457. The molecule has 1 aliphatic carbocycles. The van der Waals surface area contributed by atoms with E-state index < -0.39 is 11.9 Å². The molecule has 1 aromatic heterocycles. The molecule has 3 nitrogen and oxygen atoms in total. The third-order valence-corrected chi connectivity index (χ3v) is 4.64. The summed E-state index contributed by atoms with van der Waals surface area (Å²) in [5.41, 5.74) is 2.62. The number of aliphatic hydroxyl groups is 1. The largest absolute Gasteiger partial charge is 0.390 e. The molecule has 0 saturated heterocycles. The van der Waals surface area contributed by atoms with Crippen molar-refractivity contribution in [1.29, 1.82) is 0 Å². The minimum atomic E-state index is -0.588. The Bertz CT molecular complexity index is 899. The molecule has 0 unspecified atom stereocenters. The first kappa shape index (κ1) is 14.4. The highest BCUT2D eigenvalue weighted by Gasteiger charge is 2.31. The maximum absolute atomic E-state index is 14.7. The molecule has 1 aliphatic rings. The van der Waals surface area contributed by atoms with E-state index in [1.165, 1.54) is 6.20 Å². The van der Waals surface area contributed by atoms with Gasteiger partial charge in [0.2, 0.25) is 0 Å². The van der Waals surface area contributed by atoms with E-state index in [1.807, 2.05) is 24.3 Å². The fourth-order valence-electron chi connectivity index (χ4n) is 3.18. The number of pyridine rings is 1. The number of benzene rings is 2. The molecule has 0 fully saturated rings. The fourth-order valence-corrected chi connectivity index (χ4v) is 3.39. The average molecular weight is 329 g/mol. The van der Waals surface area contributed by atoms with Crippen LogP contribution in [0.5, 0.6) is 0 Å². The Balaban J connectivity index is 1.75. The Morgan fingerprint density at radius 1 is 1.17 bits per heavy atom. The number of anilines is 1. The number of aromatic nitrogens is 1. The zero-order chi connectivity index (χ0) is 16.0. The number of fused-ring (bicyclic) bond motifs is 2. The van der Waals surface area contributed by atoms with Gasteiger partial charge in [-0.05, 0) is 29.3 Å². The van der Waals surface area contributed by atoms with Crippen molar-refractivity contribution in [2.24, 2.45) is 0 Å². The van der Waals surface area contributed by atoms with Gasteiger partial charge < -0.3 is 10.4 Å². The molecule has 0 radical (unpaired) electrons. The van der Waals surface area contributed by atoms with E-state index in [2.05, 4.69) is 10.3 Å². The average Bonchev–Trinajstić information content (AvgIpc) is 2.86. The van der Waals surface area contributed by atoms with Crippen molar-refractivity contribution in [1.82, 2.24) is 4.98 Å². The molecule has 1 heterocycles. The Labute approximate surface area is 137 Å². The van der Waals surface area contributed by atoms with Gasteiger partial charge in [0.05, 0.1) is 22.9 Å². The van der Waals surface area contributed by atoms with Gasteiger partial charge in [0.25, 0.3) is 0 Å². The molecule has 0 amide bonds. The minimum absolute atomic E-state index is 0.225. The van der Waals surface area contributed by atoms with Crippen molar-refractivity contribution < 1.29 is 9.50 Å². The van der Waals surface area contributed by atoms with Crippen molar-refractivity contribution in [2.75, 3.05) is 5.32 Å². The molecule has 2 N–H and O–H groups in total. The van der Waals surface area contributed by atoms with E-state index >= 15 is 0 Å². The first-order valence-corrected chi connectivity index (χ1v) is 7.78. The lowest BCUT2D eigenvalue weighted by atomic mass is 10.1. The summed E-state index contributed by atoms with van der Waals surface area (Å²) in [6.07, 6.45) is 1.46. The van der Waals surface area contributed by atoms with Gasteiger partial charge in [-0.3, -0.25) is 4.98 Å². The van der Waals surface area contributed by atoms with Gasteiger partial charge >= 0.3 is 0 Å². The zero-order valence-electron chi connectivity index (χ0n) is 12.1. The van der Waals surface area contributed by atoms with Crippen LogP contribution >= 0.6 is 11.6 Å². The SMILES string of the molecule is O[C@@H]1Cc2ccccc2[C@@H]1Nc1ccc2c(Cl)ccnc2c1F. The first-order valence-electron chi connectivity index (χ1n) is 7.40. The standard InChI is InChI=1S/C18H14ClFN2O/c19-13-7-8-21-18-12(13)5-6-14(16(18)20)22-17-11-4-2-1-3-10(11)9-15(17)23/h1-8,15,17,22-23H,9H2/t15-,17+/m1/s1.